The molecule has 1 fully saturated rings. The first-order chi connectivity index (χ1) is 14.7. The summed E-state index contributed by atoms with van der Waals surface area (Å²) in [6.07, 6.45) is 1.01. The van der Waals surface area contributed by atoms with Gasteiger partial charge in [-0.2, -0.15) is 0 Å². The summed E-state index contributed by atoms with van der Waals surface area (Å²) in [6.45, 7) is 2.88. The third kappa shape index (κ3) is 5.66. The summed E-state index contributed by atoms with van der Waals surface area (Å²) in [5.41, 5.74) is 0.290. The molecular formula is C20H26N2O8S. The Morgan fingerprint density at radius 1 is 1.26 bits per heavy atom. The normalized spacial score (nSPS) is 19.5. The zero-order valence-corrected chi connectivity index (χ0v) is 18.3. The Morgan fingerprint density at radius 2 is 2.00 bits per heavy atom. The van der Waals surface area contributed by atoms with Gasteiger partial charge in [-0.05, 0) is 38.0 Å². The monoisotopic (exact) mass is 454 g/mol. The Balaban J connectivity index is 1.49. The molecule has 0 radical (unpaired) electrons. The number of benzene rings is 1. The molecule has 2 aliphatic rings. The highest BCUT2D eigenvalue weighted by Crippen LogP contribution is 2.32. The van der Waals surface area contributed by atoms with E-state index in [2.05, 4.69) is 5.32 Å². The van der Waals surface area contributed by atoms with E-state index in [0.717, 1.165) is 0 Å². The maximum Gasteiger partial charge on any atom is 0.325 e. The maximum absolute atomic E-state index is 12.7. The van der Waals surface area contributed by atoms with Gasteiger partial charge in [0.05, 0.1) is 11.5 Å². The largest absolute Gasteiger partial charge is 0.454 e. The van der Waals surface area contributed by atoms with Gasteiger partial charge in [-0.3, -0.25) is 14.4 Å². The van der Waals surface area contributed by atoms with Crippen LogP contribution < -0.4 is 14.8 Å². The highest BCUT2D eigenvalue weighted by atomic mass is 32.2. The average Bonchev–Trinajstić information content (AvgIpc) is 3.35. The minimum Gasteiger partial charge on any atom is -0.454 e. The fourth-order valence-corrected chi connectivity index (χ4v) is 5.27. The van der Waals surface area contributed by atoms with E-state index in [1.54, 1.807) is 6.07 Å². The molecule has 170 valence electrons. The van der Waals surface area contributed by atoms with Crippen LogP contribution in [0.15, 0.2) is 18.2 Å². The molecule has 1 saturated heterocycles. The summed E-state index contributed by atoms with van der Waals surface area (Å²) in [5.74, 6) is -0.779. The van der Waals surface area contributed by atoms with Crippen molar-refractivity contribution in [1.82, 2.24) is 10.2 Å². The number of fused-ring (bicyclic) bond motifs is 1. The second-order valence-corrected chi connectivity index (χ2v) is 9.76. The zero-order chi connectivity index (χ0) is 22.6. The maximum atomic E-state index is 12.7. The highest BCUT2D eigenvalue weighted by Gasteiger charge is 2.36. The molecule has 2 heterocycles. The van der Waals surface area contributed by atoms with E-state index in [-0.39, 0.29) is 24.3 Å². The van der Waals surface area contributed by atoms with Crippen LogP contribution in [-0.4, -0.2) is 74.6 Å². The van der Waals surface area contributed by atoms with Gasteiger partial charge in [0.15, 0.2) is 27.9 Å². The molecule has 2 unspecified atom stereocenters. The van der Waals surface area contributed by atoms with Crippen LogP contribution in [0, 0.1) is 0 Å². The summed E-state index contributed by atoms with van der Waals surface area (Å²) in [7, 11) is -3.16. The molecule has 0 saturated carbocycles. The van der Waals surface area contributed by atoms with Crippen molar-refractivity contribution in [3.05, 3.63) is 23.8 Å². The van der Waals surface area contributed by atoms with Crippen molar-refractivity contribution in [1.29, 1.82) is 0 Å². The van der Waals surface area contributed by atoms with Gasteiger partial charge in [0.2, 0.25) is 6.79 Å². The van der Waals surface area contributed by atoms with E-state index in [0.29, 0.717) is 29.9 Å². The molecule has 0 aromatic heterocycles. The molecule has 1 aromatic rings. The molecule has 2 aliphatic heterocycles. The second-order valence-electron chi connectivity index (χ2n) is 7.53. The van der Waals surface area contributed by atoms with Crippen LogP contribution in [0.2, 0.25) is 0 Å². The van der Waals surface area contributed by atoms with E-state index in [9.17, 15) is 22.8 Å². The Morgan fingerprint density at radius 3 is 2.68 bits per heavy atom. The van der Waals surface area contributed by atoms with Gasteiger partial charge in [0, 0.05) is 17.6 Å². The number of amides is 2. The Kier molecular flexibility index (Phi) is 7.04. The fraction of sp³-hybridized carbons (Fsp3) is 0.550. The number of sulfone groups is 1. The van der Waals surface area contributed by atoms with E-state index in [1.165, 1.54) is 17.0 Å². The summed E-state index contributed by atoms with van der Waals surface area (Å²) in [6, 6.07) is 4.04. The molecule has 2 amide bonds. The number of rotatable bonds is 8. The average molecular weight is 455 g/mol. The number of carbonyl (C=O) groups is 3. The number of ether oxygens (including phenoxy) is 3. The van der Waals surface area contributed by atoms with E-state index < -0.39 is 46.8 Å². The summed E-state index contributed by atoms with van der Waals surface area (Å²) in [4.78, 5) is 38.4. The lowest BCUT2D eigenvalue weighted by Gasteiger charge is -2.33. The predicted molar refractivity (Wildman–Crippen MR) is 110 cm³/mol. The predicted octanol–water partition coefficient (Wildman–Crippen LogP) is 0.503. The van der Waals surface area contributed by atoms with Gasteiger partial charge in [-0.25, -0.2) is 8.42 Å². The molecule has 3 rings (SSSR count). The van der Waals surface area contributed by atoms with E-state index in [4.69, 9.17) is 14.2 Å². The van der Waals surface area contributed by atoms with Crippen LogP contribution in [0.5, 0.6) is 11.5 Å². The van der Waals surface area contributed by atoms with Gasteiger partial charge in [-0.15, -0.1) is 0 Å². The van der Waals surface area contributed by atoms with Gasteiger partial charge >= 0.3 is 5.97 Å². The first-order valence-electron chi connectivity index (χ1n) is 10.0. The first-order valence-corrected chi connectivity index (χ1v) is 11.9. The first kappa shape index (κ1) is 22.9. The third-order valence-electron chi connectivity index (χ3n) is 5.34. The van der Waals surface area contributed by atoms with E-state index in [1.807, 2.05) is 13.8 Å². The minimum absolute atomic E-state index is 0.0452. The zero-order valence-electron chi connectivity index (χ0n) is 17.5. The number of hydrogen-bond acceptors (Lipinski definition) is 8. The topological polar surface area (TPSA) is 128 Å². The van der Waals surface area contributed by atoms with E-state index >= 15 is 0 Å². The summed E-state index contributed by atoms with van der Waals surface area (Å²) >= 11 is 0. The van der Waals surface area contributed by atoms with Crippen molar-refractivity contribution in [2.45, 2.75) is 38.8 Å². The van der Waals surface area contributed by atoms with Crippen LogP contribution >= 0.6 is 0 Å². The lowest BCUT2D eigenvalue weighted by molar-refractivity contribution is -0.153. The van der Waals surface area contributed by atoms with Gasteiger partial charge < -0.3 is 24.4 Å². The van der Waals surface area contributed by atoms with Crippen molar-refractivity contribution in [2.24, 2.45) is 0 Å². The number of esters is 1. The lowest BCUT2D eigenvalue weighted by Crippen LogP contribution is -2.48. The van der Waals surface area contributed by atoms with Gasteiger partial charge in [0.1, 0.15) is 6.54 Å². The SMILES string of the molecule is CCC(C)N(C(=O)COC(=O)CNC(=O)c1ccc2c(c1)OCO2)C1CCS(=O)(=O)C1. The van der Waals surface area contributed by atoms with Crippen molar-refractivity contribution in [3.63, 3.8) is 0 Å². The van der Waals surface area contributed by atoms with Crippen molar-refractivity contribution >= 4 is 27.6 Å². The van der Waals surface area contributed by atoms with Gasteiger partial charge in [0.25, 0.3) is 11.8 Å². The minimum atomic E-state index is -3.16. The smallest absolute Gasteiger partial charge is 0.325 e. The van der Waals surface area contributed by atoms with Crippen LogP contribution in [0.3, 0.4) is 0 Å². The van der Waals surface area contributed by atoms with Crippen molar-refractivity contribution < 1.29 is 37.0 Å². The molecule has 2 atom stereocenters. The number of nitrogens with zero attached hydrogens (tertiary/aromatic N) is 1. The standard InChI is InChI=1S/C20H26N2O8S/c1-3-13(2)22(15-6-7-31(26,27)11-15)18(23)10-28-19(24)9-21-20(25)14-4-5-16-17(8-14)30-12-29-16/h4-5,8,13,15H,3,6-7,9-12H2,1-2H3,(H,21,25). The van der Waals surface area contributed by atoms with Gasteiger partial charge in [-0.1, -0.05) is 6.92 Å². The van der Waals surface area contributed by atoms with Crippen LogP contribution in [0.1, 0.15) is 37.0 Å². The summed E-state index contributed by atoms with van der Waals surface area (Å²) in [5, 5.41) is 2.43. The van der Waals surface area contributed by atoms with Crippen LogP contribution in [0.25, 0.3) is 0 Å². The third-order valence-corrected chi connectivity index (χ3v) is 7.09. The Labute approximate surface area is 180 Å². The molecule has 0 spiro atoms. The molecule has 31 heavy (non-hydrogen) atoms. The molecule has 11 heteroatoms. The van der Waals surface area contributed by atoms with Crippen LogP contribution in [0.4, 0.5) is 0 Å². The molecule has 10 nitrogen and oxygen atoms in total. The summed E-state index contributed by atoms with van der Waals surface area (Å²) < 4.78 is 39.0. The number of carbonyl (C=O) groups excluding carboxylic acids is 3. The Hall–Kier alpha value is -2.82. The Bertz CT molecular complexity index is 962. The van der Waals surface area contributed by atoms with Crippen molar-refractivity contribution in [2.75, 3.05) is 31.5 Å². The van der Waals surface area contributed by atoms with Crippen LogP contribution in [-0.2, 0) is 24.2 Å². The van der Waals surface area contributed by atoms with Crippen molar-refractivity contribution in [3.8, 4) is 11.5 Å². The number of hydrogen-bond donors (Lipinski definition) is 1. The molecule has 0 aliphatic carbocycles. The number of nitrogens with one attached hydrogen (secondary N) is 1. The fourth-order valence-electron chi connectivity index (χ4n) is 3.56. The quantitative estimate of drug-likeness (QED) is 0.563. The molecule has 1 N–H and O–H groups in total. The highest BCUT2D eigenvalue weighted by molar-refractivity contribution is 7.91. The molecule has 0 bridgehead atoms. The molecular weight excluding hydrogens is 428 g/mol. The lowest BCUT2D eigenvalue weighted by atomic mass is 10.1. The molecule has 1 aromatic carbocycles. The second kappa shape index (κ2) is 9.54.